The van der Waals surface area contributed by atoms with Crippen LogP contribution in [0.3, 0.4) is 0 Å². The molecule has 3 aliphatic heterocycles. The maximum atomic E-state index is 6.64. The number of hydrogen-bond donors (Lipinski definition) is 1. The van der Waals surface area contributed by atoms with E-state index in [2.05, 4.69) is 62.5 Å². The van der Waals surface area contributed by atoms with Gasteiger partial charge in [0.15, 0.2) is 11.2 Å². The summed E-state index contributed by atoms with van der Waals surface area (Å²) in [4.78, 5) is 0. The number of benzene rings is 2. The van der Waals surface area contributed by atoms with Gasteiger partial charge in [-0.1, -0.05) is 74.5 Å². The number of hydrogen-bond acceptors (Lipinski definition) is 4. The van der Waals surface area contributed by atoms with Gasteiger partial charge in [0.05, 0.1) is 6.61 Å². The third kappa shape index (κ3) is 1.93. The van der Waals surface area contributed by atoms with E-state index in [-0.39, 0.29) is 12.1 Å². The zero-order chi connectivity index (χ0) is 18.0. The van der Waals surface area contributed by atoms with Crippen LogP contribution >= 0.6 is 0 Å². The smallest absolute Gasteiger partial charge is 0.262 e. The average Bonchev–Trinajstić information content (AvgIpc) is 3.01. The minimum absolute atomic E-state index is 0.227. The lowest BCUT2D eigenvalue weighted by Gasteiger charge is -2.31. The third-order valence-corrected chi connectivity index (χ3v) is 6.26. The van der Waals surface area contributed by atoms with Gasteiger partial charge in [-0.25, -0.2) is 0 Å². The van der Waals surface area contributed by atoms with Crippen molar-refractivity contribution in [2.75, 3.05) is 6.61 Å². The van der Waals surface area contributed by atoms with Gasteiger partial charge in [0.1, 0.15) is 6.10 Å². The summed E-state index contributed by atoms with van der Waals surface area (Å²) in [5.74, 6) is -0.458. The summed E-state index contributed by atoms with van der Waals surface area (Å²) in [6.07, 6.45) is -0.227. The zero-order valence-electron chi connectivity index (χ0n) is 15.4. The van der Waals surface area contributed by atoms with Crippen LogP contribution in [-0.4, -0.2) is 24.2 Å². The van der Waals surface area contributed by atoms with Crippen LogP contribution in [0.5, 0.6) is 0 Å². The first-order valence-corrected chi connectivity index (χ1v) is 9.42. The highest BCUT2D eigenvalue weighted by molar-refractivity contribution is 5.44. The highest BCUT2D eigenvalue weighted by atomic mass is 16.8. The average molecular weight is 351 g/mol. The molecule has 0 radical (unpaired) electrons. The minimum Gasteiger partial charge on any atom is -0.347 e. The molecule has 3 aliphatic rings. The normalized spacial score (nSPS) is 40.9. The Morgan fingerprint density at radius 3 is 2.27 bits per heavy atom. The van der Waals surface area contributed by atoms with E-state index in [0.29, 0.717) is 12.5 Å². The van der Waals surface area contributed by atoms with Crippen molar-refractivity contribution in [1.29, 1.82) is 0 Å². The molecular formula is C22H25NO3. The molecule has 1 N–H and O–H groups in total. The van der Waals surface area contributed by atoms with Crippen molar-refractivity contribution in [2.45, 2.75) is 50.0 Å². The predicted molar refractivity (Wildman–Crippen MR) is 98.3 cm³/mol. The molecule has 2 aromatic carbocycles. The summed E-state index contributed by atoms with van der Waals surface area (Å²) in [5, 5.41) is 3.62. The fraction of sp³-hybridized carbons (Fsp3) is 0.455. The Balaban J connectivity index is 1.62. The van der Waals surface area contributed by atoms with Gasteiger partial charge in [0, 0.05) is 6.04 Å². The van der Waals surface area contributed by atoms with E-state index in [0.717, 1.165) is 11.1 Å². The van der Waals surface area contributed by atoms with Gasteiger partial charge in [-0.15, -0.1) is 0 Å². The van der Waals surface area contributed by atoms with Crippen LogP contribution in [0.2, 0.25) is 0 Å². The van der Waals surface area contributed by atoms with E-state index in [1.165, 1.54) is 0 Å². The lowest BCUT2D eigenvalue weighted by atomic mass is 9.81. The fourth-order valence-corrected chi connectivity index (χ4v) is 4.61. The standard InChI is InChI=1S/C22H25NO3/c1-15(2)18-14-24-22(23-18)20(3)21(26-20,17-12-8-5-9-13-17)19(25-22)16-10-6-4-7-11-16/h4-13,15,18-19,23H,14H2,1-3H3/t18-,19+,20+,21+,22+/m1/s1. The molecule has 2 aromatic rings. The summed E-state index contributed by atoms with van der Waals surface area (Å²) in [6, 6.07) is 21.0. The lowest BCUT2D eigenvalue weighted by molar-refractivity contribution is -0.271. The maximum absolute atomic E-state index is 6.64. The van der Waals surface area contributed by atoms with Crippen molar-refractivity contribution in [3.8, 4) is 0 Å². The molecule has 0 saturated carbocycles. The van der Waals surface area contributed by atoms with Crippen molar-refractivity contribution in [3.63, 3.8) is 0 Å². The van der Waals surface area contributed by atoms with Crippen LogP contribution in [0.25, 0.3) is 0 Å². The second-order valence-corrected chi connectivity index (χ2v) is 8.07. The van der Waals surface area contributed by atoms with Crippen LogP contribution in [-0.2, 0) is 19.8 Å². The lowest BCUT2D eigenvalue weighted by Crippen LogP contribution is -2.55. The molecule has 0 unspecified atom stereocenters. The SMILES string of the molecule is CC(C)[C@H]1CO[C@]2(N1)O[C@@H](c1ccccc1)[C@]1(c3ccccc3)O[C@]21C. The third-order valence-electron chi connectivity index (χ3n) is 6.26. The van der Waals surface area contributed by atoms with E-state index < -0.39 is 17.1 Å². The molecule has 5 rings (SSSR count). The molecule has 4 heteroatoms. The van der Waals surface area contributed by atoms with Gasteiger partial charge in [-0.3, -0.25) is 5.32 Å². The van der Waals surface area contributed by atoms with Crippen LogP contribution in [0.1, 0.15) is 38.0 Å². The number of epoxide rings is 1. The Bertz CT molecular complexity index is 811. The summed E-state index contributed by atoms with van der Waals surface area (Å²) in [5.41, 5.74) is 1.11. The van der Waals surface area contributed by atoms with Crippen molar-refractivity contribution in [1.82, 2.24) is 5.32 Å². The molecule has 3 fully saturated rings. The monoisotopic (exact) mass is 351 g/mol. The Kier molecular flexibility index (Phi) is 3.41. The van der Waals surface area contributed by atoms with Crippen molar-refractivity contribution >= 4 is 0 Å². The number of fused-ring (bicyclic) bond motifs is 2. The largest absolute Gasteiger partial charge is 0.347 e. The molecule has 26 heavy (non-hydrogen) atoms. The van der Waals surface area contributed by atoms with Crippen LogP contribution in [0.4, 0.5) is 0 Å². The van der Waals surface area contributed by atoms with Crippen molar-refractivity contribution in [2.24, 2.45) is 5.92 Å². The Morgan fingerprint density at radius 2 is 1.65 bits per heavy atom. The zero-order valence-corrected chi connectivity index (χ0v) is 15.4. The fourth-order valence-electron chi connectivity index (χ4n) is 4.61. The molecule has 1 spiro atoms. The molecule has 0 bridgehead atoms. The summed E-state index contributed by atoms with van der Waals surface area (Å²) >= 11 is 0. The van der Waals surface area contributed by atoms with E-state index >= 15 is 0 Å². The van der Waals surface area contributed by atoms with Gasteiger partial charge in [-0.2, -0.15) is 0 Å². The first-order chi connectivity index (χ1) is 12.5. The van der Waals surface area contributed by atoms with Crippen LogP contribution < -0.4 is 5.32 Å². The van der Waals surface area contributed by atoms with Gasteiger partial charge in [0.2, 0.25) is 0 Å². The first kappa shape index (κ1) is 16.5. The molecular weight excluding hydrogens is 326 g/mol. The van der Waals surface area contributed by atoms with Crippen molar-refractivity contribution in [3.05, 3.63) is 71.8 Å². The van der Waals surface area contributed by atoms with Gasteiger partial charge in [0.25, 0.3) is 5.91 Å². The summed E-state index contributed by atoms with van der Waals surface area (Å²) in [7, 11) is 0. The Morgan fingerprint density at radius 1 is 1.00 bits per heavy atom. The van der Waals surface area contributed by atoms with E-state index in [1.807, 2.05) is 24.3 Å². The highest BCUT2D eigenvalue weighted by Gasteiger charge is 2.88. The molecule has 4 nitrogen and oxygen atoms in total. The topological polar surface area (TPSA) is 43.0 Å². The summed E-state index contributed by atoms with van der Waals surface area (Å²) < 4.78 is 19.4. The van der Waals surface area contributed by atoms with Gasteiger partial charge < -0.3 is 14.2 Å². The highest BCUT2D eigenvalue weighted by Crippen LogP contribution is 2.74. The van der Waals surface area contributed by atoms with Crippen LogP contribution in [0.15, 0.2) is 60.7 Å². The molecule has 0 aromatic heterocycles. The number of ether oxygens (including phenoxy) is 3. The predicted octanol–water partition coefficient (Wildman–Crippen LogP) is 3.74. The second kappa shape index (κ2) is 5.40. The minimum atomic E-state index is -0.918. The number of rotatable bonds is 3. The number of nitrogens with one attached hydrogen (secondary N) is 1. The van der Waals surface area contributed by atoms with Crippen molar-refractivity contribution < 1.29 is 14.2 Å². The summed E-state index contributed by atoms with van der Waals surface area (Å²) in [6.45, 7) is 7.13. The second-order valence-electron chi connectivity index (χ2n) is 8.07. The molecule has 0 aliphatic carbocycles. The quantitative estimate of drug-likeness (QED) is 0.856. The Hall–Kier alpha value is -1.72. The van der Waals surface area contributed by atoms with E-state index in [1.54, 1.807) is 0 Å². The maximum Gasteiger partial charge on any atom is 0.262 e. The van der Waals surface area contributed by atoms with E-state index in [9.17, 15) is 0 Å². The molecule has 136 valence electrons. The van der Waals surface area contributed by atoms with Gasteiger partial charge in [-0.05, 0) is 24.0 Å². The molecule has 3 saturated heterocycles. The Labute approximate surface area is 154 Å². The molecule has 3 heterocycles. The first-order valence-electron chi connectivity index (χ1n) is 9.42. The molecule has 0 amide bonds. The van der Waals surface area contributed by atoms with E-state index in [4.69, 9.17) is 14.2 Å². The molecule has 5 atom stereocenters. The van der Waals surface area contributed by atoms with Crippen LogP contribution in [0, 0.1) is 5.92 Å². The van der Waals surface area contributed by atoms with Gasteiger partial charge >= 0.3 is 0 Å².